The van der Waals surface area contributed by atoms with Crippen LogP contribution in [-0.2, 0) is 10.0 Å². The van der Waals surface area contributed by atoms with Gasteiger partial charge < -0.3 is 4.90 Å². The maximum absolute atomic E-state index is 12.9. The number of thiophene rings is 1. The Morgan fingerprint density at radius 1 is 1.00 bits per heavy atom. The van der Waals surface area contributed by atoms with E-state index >= 15 is 0 Å². The fourth-order valence-corrected chi connectivity index (χ4v) is 6.19. The lowest BCUT2D eigenvalue weighted by molar-refractivity contribution is 0.0738. The molecule has 5 nitrogen and oxygen atoms in total. The van der Waals surface area contributed by atoms with E-state index in [0.29, 0.717) is 18.7 Å². The molecule has 2 aliphatic heterocycles. The molecule has 7 heteroatoms. The molecular formula is C19H22N2O3S2. The Balaban J connectivity index is 1.54. The van der Waals surface area contributed by atoms with Crippen molar-refractivity contribution in [3.05, 3.63) is 52.2 Å². The lowest BCUT2D eigenvalue weighted by Gasteiger charge is -2.24. The molecule has 0 aliphatic carbocycles. The Labute approximate surface area is 158 Å². The second kappa shape index (κ2) is 7.13. The van der Waals surface area contributed by atoms with Crippen molar-refractivity contribution >= 4 is 27.3 Å². The summed E-state index contributed by atoms with van der Waals surface area (Å²) >= 11 is 1.68. The normalized spacial score (nSPS) is 21.4. The van der Waals surface area contributed by atoms with E-state index in [0.717, 1.165) is 32.2 Å². The van der Waals surface area contributed by atoms with Crippen molar-refractivity contribution in [2.24, 2.45) is 0 Å². The number of nitrogens with zero attached hydrogens (tertiary/aromatic N) is 2. The molecule has 1 amide bonds. The van der Waals surface area contributed by atoms with Gasteiger partial charge in [0.1, 0.15) is 0 Å². The zero-order chi connectivity index (χ0) is 18.1. The highest BCUT2D eigenvalue weighted by Gasteiger charge is 2.32. The van der Waals surface area contributed by atoms with E-state index in [4.69, 9.17) is 0 Å². The summed E-state index contributed by atoms with van der Waals surface area (Å²) in [7, 11) is -3.44. The van der Waals surface area contributed by atoms with Gasteiger partial charge in [0.25, 0.3) is 5.91 Å². The highest BCUT2D eigenvalue weighted by molar-refractivity contribution is 7.89. The van der Waals surface area contributed by atoms with Gasteiger partial charge in [0, 0.05) is 30.1 Å². The Morgan fingerprint density at radius 3 is 2.38 bits per heavy atom. The summed E-state index contributed by atoms with van der Waals surface area (Å²) in [5.41, 5.74) is 0.550. The standard InChI is InChI=1S/C19H22N2O3S2/c22-19(21-13-3-5-17(21)18-6-4-14-25-18)15-7-9-16(10-8-15)26(23,24)20-11-1-2-12-20/h4,6-10,14,17H,1-3,5,11-13H2/t17-/m0/s1. The van der Waals surface area contributed by atoms with E-state index in [2.05, 4.69) is 6.07 Å². The van der Waals surface area contributed by atoms with Gasteiger partial charge in [0.05, 0.1) is 10.9 Å². The predicted octanol–water partition coefficient (Wildman–Crippen LogP) is 3.51. The molecule has 3 heterocycles. The fraction of sp³-hybridized carbons (Fsp3) is 0.421. The molecule has 138 valence electrons. The molecule has 0 radical (unpaired) electrons. The maximum atomic E-state index is 12.9. The smallest absolute Gasteiger partial charge is 0.254 e. The lowest BCUT2D eigenvalue weighted by Crippen LogP contribution is -2.30. The molecule has 2 fully saturated rings. The number of amides is 1. The van der Waals surface area contributed by atoms with Crippen LogP contribution in [0.2, 0.25) is 0 Å². The Hall–Kier alpha value is -1.70. The predicted molar refractivity (Wildman–Crippen MR) is 102 cm³/mol. The molecule has 0 saturated carbocycles. The van der Waals surface area contributed by atoms with Crippen molar-refractivity contribution in [3.63, 3.8) is 0 Å². The minimum Gasteiger partial charge on any atom is -0.331 e. The van der Waals surface area contributed by atoms with Crippen molar-refractivity contribution in [2.75, 3.05) is 19.6 Å². The van der Waals surface area contributed by atoms with Crippen LogP contribution in [0.4, 0.5) is 0 Å². The molecule has 4 rings (SSSR count). The first-order valence-corrected chi connectivity index (χ1v) is 11.3. The van der Waals surface area contributed by atoms with Gasteiger partial charge in [0.15, 0.2) is 0 Å². The molecule has 0 N–H and O–H groups in total. The van der Waals surface area contributed by atoms with Crippen molar-refractivity contribution in [3.8, 4) is 0 Å². The van der Waals surface area contributed by atoms with E-state index < -0.39 is 10.0 Å². The Kier molecular flexibility index (Phi) is 4.86. The summed E-state index contributed by atoms with van der Waals surface area (Å²) in [5, 5.41) is 2.04. The first-order valence-electron chi connectivity index (χ1n) is 9.02. The summed E-state index contributed by atoms with van der Waals surface area (Å²) in [6.07, 6.45) is 3.80. The Morgan fingerprint density at radius 2 is 1.73 bits per heavy atom. The molecule has 2 aromatic rings. The third-order valence-corrected chi connectivity index (χ3v) is 8.08. The quantitative estimate of drug-likeness (QED) is 0.803. The van der Waals surface area contributed by atoms with Gasteiger partial charge in [-0.2, -0.15) is 4.31 Å². The van der Waals surface area contributed by atoms with Gasteiger partial charge in [-0.25, -0.2) is 8.42 Å². The molecule has 26 heavy (non-hydrogen) atoms. The average Bonchev–Trinajstić information content (AvgIpc) is 3.43. The monoisotopic (exact) mass is 390 g/mol. The summed E-state index contributed by atoms with van der Waals surface area (Å²) < 4.78 is 26.7. The molecular weight excluding hydrogens is 368 g/mol. The Bertz CT molecular complexity index is 870. The van der Waals surface area contributed by atoms with Crippen LogP contribution in [0.3, 0.4) is 0 Å². The minimum absolute atomic E-state index is 0.0222. The number of benzene rings is 1. The number of hydrogen-bond acceptors (Lipinski definition) is 4. The first-order chi connectivity index (χ1) is 12.6. The van der Waals surface area contributed by atoms with Crippen LogP contribution >= 0.6 is 11.3 Å². The zero-order valence-electron chi connectivity index (χ0n) is 14.5. The van der Waals surface area contributed by atoms with Crippen molar-refractivity contribution in [1.82, 2.24) is 9.21 Å². The zero-order valence-corrected chi connectivity index (χ0v) is 16.1. The summed E-state index contributed by atoms with van der Waals surface area (Å²) in [5.74, 6) is -0.0222. The molecule has 0 unspecified atom stereocenters. The molecule has 2 saturated heterocycles. The summed E-state index contributed by atoms with van der Waals surface area (Å²) in [6.45, 7) is 1.91. The SMILES string of the molecule is O=C(c1ccc(S(=O)(=O)N2CCCC2)cc1)N1CCC[C@H]1c1cccs1. The van der Waals surface area contributed by atoms with Crippen LogP contribution < -0.4 is 0 Å². The number of carbonyl (C=O) groups excluding carboxylic acids is 1. The molecule has 0 bridgehead atoms. The fourth-order valence-electron chi connectivity index (χ4n) is 3.80. The van der Waals surface area contributed by atoms with E-state index in [9.17, 15) is 13.2 Å². The summed E-state index contributed by atoms with van der Waals surface area (Å²) in [4.78, 5) is 16.3. The van der Waals surface area contributed by atoms with Crippen molar-refractivity contribution < 1.29 is 13.2 Å². The molecule has 0 spiro atoms. The largest absolute Gasteiger partial charge is 0.331 e. The third kappa shape index (κ3) is 3.19. The van der Waals surface area contributed by atoms with Crippen LogP contribution in [-0.4, -0.2) is 43.2 Å². The van der Waals surface area contributed by atoms with Gasteiger partial charge in [-0.3, -0.25) is 4.79 Å². The van der Waals surface area contributed by atoms with E-state index in [1.807, 2.05) is 16.3 Å². The second-order valence-electron chi connectivity index (χ2n) is 6.81. The highest BCUT2D eigenvalue weighted by atomic mass is 32.2. The van der Waals surface area contributed by atoms with Gasteiger partial charge in [-0.05, 0) is 61.4 Å². The first kappa shape index (κ1) is 17.7. The minimum atomic E-state index is -3.44. The highest BCUT2D eigenvalue weighted by Crippen LogP contribution is 2.35. The number of sulfonamides is 1. The van der Waals surface area contributed by atoms with Gasteiger partial charge in [-0.15, -0.1) is 11.3 Å². The number of carbonyl (C=O) groups is 1. The van der Waals surface area contributed by atoms with Crippen LogP contribution in [0, 0.1) is 0 Å². The van der Waals surface area contributed by atoms with Gasteiger partial charge in [-0.1, -0.05) is 6.07 Å². The third-order valence-electron chi connectivity index (χ3n) is 5.19. The number of hydrogen-bond donors (Lipinski definition) is 0. The van der Waals surface area contributed by atoms with E-state index in [1.165, 1.54) is 9.18 Å². The topological polar surface area (TPSA) is 57.7 Å². The number of rotatable bonds is 4. The molecule has 1 aromatic carbocycles. The lowest BCUT2D eigenvalue weighted by atomic mass is 10.1. The van der Waals surface area contributed by atoms with Gasteiger partial charge in [0.2, 0.25) is 10.0 Å². The van der Waals surface area contributed by atoms with Crippen LogP contribution in [0.25, 0.3) is 0 Å². The van der Waals surface area contributed by atoms with Crippen LogP contribution in [0.15, 0.2) is 46.7 Å². The van der Waals surface area contributed by atoms with Crippen molar-refractivity contribution in [2.45, 2.75) is 36.6 Å². The molecule has 2 aliphatic rings. The van der Waals surface area contributed by atoms with E-state index in [-0.39, 0.29) is 16.8 Å². The van der Waals surface area contributed by atoms with Crippen LogP contribution in [0.5, 0.6) is 0 Å². The second-order valence-corrected chi connectivity index (χ2v) is 9.72. The van der Waals surface area contributed by atoms with E-state index in [1.54, 1.807) is 35.6 Å². The summed E-state index contributed by atoms with van der Waals surface area (Å²) in [6, 6.07) is 10.7. The van der Waals surface area contributed by atoms with Crippen molar-refractivity contribution in [1.29, 1.82) is 0 Å². The maximum Gasteiger partial charge on any atom is 0.254 e. The van der Waals surface area contributed by atoms with Gasteiger partial charge >= 0.3 is 0 Å². The molecule has 1 atom stereocenters. The van der Waals surface area contributed by atoms with Crippen LogP contribution in [0.1, 0.15) is 47.0 Å². The molecule has 1 aromatic heterocycles. The average molecular weight is 391 g/mol. The number of likely N-dealkylation sites (tertiary alicyclic amines) is 1.